The largest absolute Gasteiger partial charge is 0.493 e. The lowest BCUT2D eigenvalue weighted by molar-refractivity contribution is 0.324. The Labute approximate surface area is 166 Å². The SMILES string of the molecule is COc1ccc(/C=N\n2c(-c3ccccc3Cl)n[nH]c2=S)c(OC)c1OC. The number of aromatic nitrogens is 3. The smallest absolute Gasteiger partial charge is 0.216 e. The van der Waals surface area contributed by atoms with E-state index in [4.69, 9.17) is 38.0 Å². The molecule has 2 aromatic carbocycles. The van der Waals surface area contributed by atoms with Crippen molar-refractivity contribution in [1.82, 2.24) is 14.9 Å². The molecule has 0 radical (unpaired) electrons. The summed E-state index contributed by atoms with van der Waals surface area (Å²) in [7, 11) is 4.65. The highest BCUT2D eigenvalue weighted by Gasteiger charge is 2.15. The van der Waals surface area contributed by atoms with Crippen LogP contribution in [0.15, 0.2) is 41.5 Å². The van der Waals surface area contributed by atoms with Gasteiger partial charge in [-0.2, -0.15) is 14.9 Å². The number of methoxy groups -OCH3 is 3. The number of aromatic amines is 1. The van der Waals surface area contributed by atoms with Crippen molar-refractivity contribution in [1.29, 1.82) is 0 Å². The molecule has 0 saturated carbocycles. The number of rotatable bonds is 6. The molecule has 0 spiro atoms. The number of benzene rings is 2. The molecule has 1 N–H and O–H groups in total. The molecule has 0 fully saturated rings. The van der Waals surface area contributed by atoms with Gasteiger partial charge in [-0.15, -0.1) is 0 Å². The van der Waals surface area contributed by atoms with Gasteiger partial charge in [0.15, 0.2) is 17.3 Å². The second-order valence-corrected chi connectivity index (χ2v) is 6.11. The molecule has 0 aliphatic carbocycles. The molecule has 0 aliphatic heterocycles. The van der Waals surface area contributed by atoms with Gasteiger partial charge < -0.3 is 14.2 Å². The van der Waals surface area contributed by atoms with Crippen LogP contribution in [-0.2, 0) is 0 Å². The molecule has 0 saturated heterocycles. The van der Waals surface area contributed by atoms with E-state index < -0.39 is 0 Å². The Hall–Kier alpha value is -2.84. The highest BCUT2D eigenvalue weighted by atomic mass is 35.5. The molecular weight excluding hydrogens is 388 g/mol. The van der Waals surface area contributed by atoms with E-state index in [1.807, 2.05) is 24.3 Å². The van der Waals surface area contributed by atoms with Gasteiger partial charge in [0.05, 0.1) is 32.6 Å². The molecule has 9 heteroatoms. The van der Waals surface area contributed by atoms with Crippen molar-refractivity contribution in [2.45, 2.75) is 0 Å². The Bertz CT molecular complexity index is 1050. The summed E-state index contributed by atoms with van der Waals surface area (Å²) in [4.78, 5) is 0. The van der Waals surface area contributed by atoms with Gasteiger partial charge in [0, 0.05) is 11.1 Å². The monoisotopic (exact) mass is 404 g/mol. The zero-order valence-corrected chi connectivity index (χ0v) is 16.5. The minimum absolute atomic E-state index is 0.334. The topological polar surface area (TPSA) is 73.7 Å². The molecule has 0 atom stereocenters. The van der Waals surface area contributed by atoms with Gasteiger partial charge in [-0.3, -0.25) is 0 Å². The highest BCUT2D eigenvalue weighted by Crippen LogP contribution is 2.39. The summed E-state index contributed by atoms with van der Waals surface area (Å²) >= 11 is 11.6. The first-order chi connectivity index (χ1) is 13.1. The van der Waals surface area contributed by atoms with Crippen LogP contribution < -0.4 is 14.2 Å². The maximum atomic E-state index is 6.27. The van der Waals surface area contributed by atoms with Crippen molar-refractivity contribution in [3.8, 4) is 28.6 Å². The molecule has 0 bridgehead atoms. The third-order valence-corrected chi connectivity index (χ3v) is 4.41. The quantitative estimate of drug-likeness (QED) is 0.493. The van der Waals surface area contributed by atoms with E-state index in [0.717, 1.165) is 0 Å². The summed E-state index contributed by atoms with van der Waals surface area (Å²) in [6.45, 7) is 0. The molecular formula is C18H17ClN4O3S. The summed E-state index contributed by atoms with van der Waals surface area (Å²) < 4.78 is 18.0. The molecule has 1 aromatic heterocycles. The fraction of sp³-hybridized carbons (Fsp3) is 0.167. The molecule has 0 amide bonds. The fourth-order valence-electron chi connectivity index (χ4n) is 2.56. The molecule has 7 nitrogen and oxygen atoms in total. The molecule has 27 heavy (non-hydrogen) atoms. The average Bonchev–Trinajstić information content (AvgIpc) is 3.05. The van der Waals surface area contributed by atoms with Gasteiger partial charge in [-0.05, 0) is 36.5 Å². The number of nitrogens with zero attached hydrogens (tertiary/aromatic N) is 3. The third-order valence-electron chi connectivity index (χ3n) is 3.81. The van der Waals surface area contributed by atoms with Gasteiger partial charge in [-0.25, -0.2) is 5.10 Å². The Balaban J connectivity index is 2.07. The van der Waals surface area contributed by atoms with Crippen molar-refractivity contribution in [2.24, 2.45) is 5.10 Å². The normalized spacial score (nSPS) is 11.0. The first-order valence-corrected chi connectivity index (χ1v) is 8.65. The minimum Gasteiger partial charge on any atom is -0.493 e. The van der Waals surface area contributed by atoms with E-state index in [2.05, 4.69) is 15.3 Å². The van der Waals surface area contributed by atoms with Gasteiger partial charge in [0.2, 0.25) is 10.5 Å². The molecule has 140 valence electrons. The number of halogens is 1. The van der Waals surface area contributed by atoms with Gasteiger partial charge in [-0.1, -0.05) is 23.7 Å². The van der Waals surface area contributed by atoms with E-state index in [9.17, 15) is 0 Å². The zero-order valence-electron chi connectivity index (χ0n) is 14.9. The lowest BCUT2D eigenvalue weighted by Crippen LogP contribution is -2.00. The van der Waals surface area contributed by atoms with Crippen LogP contribution in [-0.4, -0.2) is 42.4 Å². The van der Waals surface area contributed by atoms with E-state index in [1.165, 1.54) is 4.68 Å². The number of hydrogen-bond acceptors (Lipinski definition) is 6. The van der Waals surface area contributed by atoms with Crippen molar-refractivity contribution >= 4 is 30.0 Å². The standard InChI is InChI=1S/C18H17ClN4O3S/c1-24-14-9-8-11(15(25-2)16(14)26-3)10-20-23-17(21-22-18(23)27)12-6-4-5-7-13(12)19/h4-10H,1-3H3,(H,22,27)/b20-10-. The zero-order chi connectivity index (χ0) is 19.4. The first-order valence-electron chi connectivity index (χ1n) is 7.86. The second-order valence-electron chi connectivity index (χ2n) is 5.31. The Kier molecular flexibility index (Phi) is 5.78. The summed E-state index contributed by atoms with van der Waals surface area (Å²) in [5, 5.41) is 12.0. The van der Waals surface area contributed by atoms with Crippen LogP contribution in [0.2, 0.25) is 5.02 Å². The van der Waals surface area contributed by atoms with Crippen LogP contribution in [0, 0.1) is 4.77 Å². The lowest BCUT2D eigenvalue weighted by atomic mass is 10.2. The van der Waals surface area contributed by atoms with Crippen molar-refractivity contribution < 1.29 is 14.2 Å². The Morgan fingerprint density at radius 1 is 1.07 bits per heavy atom. The predicted octanol–water partition coefficient (Wildman–Crippen LogP) is 4.17. The second kappa shape index (κ2) is 8.24. The van der Waals surface area contributed by atoms with Gasteiger partial charge in [0.25, 0.3) is 0 Å². The lowest BCUT2D eigenvalue weighted by Gasteiger charge is -2.13. The van der Waals surface area contributed by atoms with Crippen molar-refractivity contribution in [2.75, 3.05) is 21.3 Å². The average molecular weight is 405 g/mol. The van der Waals surface area contributed by atoms with Crippen LogP contribution in [0.25, 0.3) is 11.4 Å². The molecule has 0 aliphatic rings. The molecule has 3 aromatic rings. The number of nitrogens with one attached hydrogen (secondary N) is 1. The minimum atomic E-state index is 0.334. The number of hydrogen-bond donors (Lipinski definition) is 1. The molecule has 3 rings (SSSR count). The van der Waals surface area contributed by atoms with E-state index >= 15 is 0 Å². The van der Waals surface area contributed by atoms with Crippen LogP contribution in [0.5, 0.6) is 17.2 Å². The van der Waals surface area contributed by atoms with Crippen molar-refractivity contribution in [3.05, 3.63) is 51.8 Å². The summed E-state index contributed by atoms with van der Waals surface area (Å²) in [5.74, 6) is 2.03. The molecule has 0 unspecified atom stereocenters. The van der Waals surface area contributed by atoms with Gasteiger partial charge >= 0.3 is 0 Å². The number of H-pyrrole nitrogens is 1. The maximum Gasteiger partial charge on any atom is 0.216 e. The van der Waals surface area contributed by atoms with Crippen LogP contribution in [0.3, 0.4) is 0 Å². The number of ether oxygens (including phenoxy) is 3. The van der Waals surface area contributed by atoms with Crippen LogP contribution >= 0.6 is 23.8 Å². The fourth-order valence-corrected chi connectivity index (χ4v) is 2.96. The van der Waals surface area contributed by atoms with E-state index in [0.29, 0.717) is 44.0 Å². The summed E-state index contributed by atoms with van der Waals surface area (Å²) in [5.41, 5.74) is 1.39. The van der Waals surface area contributed by atoms with Gasteiger partial charge in [0.1, 0.15) is 0 Å². The predicted molar refractivity (Wildman–Crippen MR) is 107 cm³/mol. The maximum absolute atomic E-state index is 6.27. The van der Waals surface area contributed by atoms with E-state index in [1.54, 1.807) is 39.7 Å². The Morgan fingerprint density at radius 2 is 1.81 bits per heavy atom. The highest BCUT2D eigenvalue weighted by molar-refractivity contribution is 7.71. The van der Waals surface area contributed by atoms with E-state index in [-0.39, 0.29) is 0 Å². The van der Waals surface area contributed by atoms with Crippen molar-refractivity contribution in [3.63, 3.8) is 0 Å². The van der Waals surface area contributed by atoms with Crippen LogP contribution in [0.4, 0.5) is 0 Å². The van der Waals surface area contributed by atoms with Crippen LogP contribution in [0.1, 0.15) is 5.56 Å². The third kappa shape index (κ3) is 3.67. The first kappa shape index (κ1) is 18.9. The summed E-state index contributed by atoms with van der Waals surface area (Å²) in [6, 6.07) is 10.9. The Morgan fingerprint density at radius 3 is 2.48 bits per heavy atom. The molecule has 1 heterocycles. The summed E-state index contributed by atoms with van der Waals surface area (Å²) in [6.07, 6.45) is 1.60.